The zero-order valence-electron chi connectivity index (χ0n) is 11.9. The molecule has 0 aliphatic carbocycles. The van der Waals surface area contributed by atoms with Gasteiger partial charge in [0.1, 0.15) is 5.75 Å². The monoisotopic (exact) mass is 360 g/mol. The van der Waals surface area contributed by atoms with Gasteiger partial charge in [0.05, 0.1) is 11.6 Å². The van der Waals surface area contributed by atoms with Crippen molar-refractivity contribution in [2.75, 3.05) is 45.9 Å². The van der Waals surface area contributed by atoms with Gasteiger partial charge in [-0.25, -0.2) is 0 Å². The molecular weight excluding hydrogens is 340 g/mol. The number of piperazine rings is 1. The van der Waals surface area contributed by atoms with Crippen LogP contribution in [0.1, 0.15) is 13.3 Å². The predicted octanol–water partition coefficient (Wildman–Crippen LogP) is 3.51. The van der Waals surface area contributed by atoms with Crippen LogP contribution in [0.4, 0.5) is 0 Å². The Bertz CT molecular complexity index is 422. The van der Waals surface area contributed by atoms with Gasteiger partial charge in [0.25, 0.3) is 0 Å². The first-order valence-corrected chi connectivity index (χ1v) is 8.38. The molecule has 20 heavy (non-hydrogen) atoms. The second-order valence-corrected chi connectivity index (χ2v) is 6.38. The van der Waals surface area contributed by atoms with Crippen LogP contribution >= 0.6 is 27.5 Å². The summed E-state index contributed by atoms with van der Waals surface area (Å²) in [5.41, 5.74) is 0. The number of benzene rings is 1. The van der Waals surface area contributed by atoms with Crippen molar-refractivity contribution in [3.8, 4) is 5.75 Å². The summed E-state index contributed by atoms with van der Waals surface area (Å²) in [6, 6.07) is 5.72. The van der Waals surface area contributed by atoms with Gasteiger partial charge in [0.15, 0.2) is 0 Å². The lowest BCUT2D eigenvalue weighted by Gasteiger charge is -2.33. The molecule has 112 valence electrons. The highest BCUT2D eigenvalue weighted by atomic mass is 79.9. The summed E-state index contributed by atoms with van der Waals surface area (Å²) >= 11 is 9.51. The third-order valence-corrected chi connectivity index (χ3v) is 4.47. The smallest absolute Gasteiger partial charge is 0.137 e. The van der Waals surface area contributed by atoms with E-state index in [4.69, 9.17) is 16.3 Å². The van der Waals surface area contributed by atoms with Crippen molar-refractivity contribution in [2.45, 2.75) is 13.3 Å². The first kappa shape index (κ1) is 16.1. The number of likely N-dealkylation sites (N-methyl/N-ethyl adjacent to an activating group) is 1. The molecule has 1 heterocycles. The van der Waals surface area contributed by atoms with Crippen LogP contribution in [0.15, 0.2) is 22.7 Å². The van der Waals surface area contributed by atoms with E-state index in [1.54, 1.807) is 0 Å². The van der Waals surface area contributed by atoms with E-state index < -0.39 is 0 Å². The van der Waals surface area contributed by atoms with Crippen molar-refractivity contribution < 1.29 is 4.74 Å². The van der Waals surface area contributed by atoms with E-state index >= 15 is 0 Å². The molecule has 1 fully saturated rings. The molecule has 1 aliphatic heterocycles. The Morgan fingerprint density at radius 3 is 2.55 bits per heavy atom. The zero-order valence-corrected chi connectivity index (χ0v) is 14.3. The van der Waals surface area contributed by atoms with Gasteiger partial charge in [-0.3, -0.25) is 0 Å². The van der Waals surface area contributed by atoms with Crippen LogP contribution in [-0.4, -0.2) is 55.7 Å². The highest BCUT2D eigenvalue weighted by Gasteiger charge is 2.14. The highest BCUT2D eigenvalue weighted by molar-refractivity contribution is 9.10. The minimum Gasteiger partial charge on any atom is -0.492 e. The number of rotatable bonds is 6. The van der Waals surface area contributed by atoms with Crippen LogP contribution < -0.4 is 4.74 Å². The second-order valence-electron chi connectivity index (χ2n) is 5.05. The molecule has 1 aromatic carbocycles. The number of hydrogen-bond donors (Lipinski definition) is 0. The van der Waals surface area contributed by atoms with Gasteiger partial charge in [-0.1, -0.05) is 34.5 Å². The zero-order chi connectivity index (χ0) is 14.4. The maximum Gasteiger partial charge on any atom is 0.137 e. The molecule has 0 atom stereocenters. The summed E-state index contributed by atoms with van der Waals surface area (Å²) in [6.07, 6.45) is 1.04. The molecule has 0 radical (unpaired) electrons. The molecule has 0 bridgehead atoms. The number of ether oxygens (including phenoxy) is 1. The molecular formula is C15H22BrClN2O. The molecule has 0 spiro atoms. The van der Waals surface area contributed by atoms with Crippen molar-refractivity contribution in [3.63, 3.8) is 0 Å². The molecule has 1 aliphatic rings. The quantitative estimate of drug-likeness (QED) is 0.721. The topological polar surface area (TPSA) is 15.7 Å². The van der Waals surface area contributed by atoms with E-state index in [1.165, 1.54) is 32.7 Å². The first-order valence-electron chi connectivity index (χ1n) is 7.21. The predicted molar refractivity (Wildman–Crippen MR) is 87.8 cm³/mol. The highest BCUT2D eigenvalue weighted by Crippen LogP contribution is 2.27. The minimum atomic E-state index is 0.663. The molecule has 1 aromatic rings. The number of nitrogens with zero attached hydrogens (tertiary/aromatic N) is 2. The van der Waals surface area contributed by atoms with Crippen LogP contribution in [0, 0.1) is 0 Å². The molecule has 1 saturated heterocycles. The average molecular weight is 362 g/mol. The Balaban J connectivity index is 1.64. The summed E-state index contributed by atoms with van der Waals surface area (Å²) < 4.78 is 6.71. The summed E-state index contributed by atoms with van der Waals surface area (Å²) in [7, 11) is 0. The third kappa shape index (κ3) is 4.92. The summed E-state index contributed by atoms with van der Waals surface area (Å²) in [4.78, 5) is 5.01. The lowest BCUT2D eigenvalue weighted by molar-refractivity contribution is 0.130. The normalized spacial score (nSPS) is 17.4. The van der Waals surface area contributed by atoms with E-state index in [0.29, 0.717) is 5.02 Å². The number of halogens is 2. The minimum absolute atomic E-state index is 0.663. The molecule has 5 heteroatoms. The Kier molecular flexibility index (Phi) is 6.62. The fourth-order valence-electron chi connectivity index (χ4n) is 2.39. The van der Waals surface area contributed by atoms with Crippen molar-refractivity contribution in [1.29, 1.82) is 0 Å². The Morgan fingerprint density at radius 1 is 1.20 bits per heavy atom. The van der Waals surface area contributed by atoms with Gasteiger partial charge in [0.2, 0.25) is 0 Å². The SMILES string of the molecule is CCN1CCN(CCCOc2ccc(Br)cc2Cl)CC1. The van der Waals surface area contributed by atoms with Crippen LogP contribution in [-0.2, 0) is 0 Å². The van der Waals surface area contributed by atoms with Crippen molar-refractivity contribution >= 4 is 27.5 Å². The molecule has 0 N–H and O–H groups in total. The lowest BCUT2D eigenvalue weighted by atomic mass is 10.3. The van der Waals surface area contributed by atoms with Crippen LogP contribution in [0.3, 0.4) is 0 Å². The van der Waals surface area contributed by atoms with E-state index in [-0.39, 0.29) is 0 Å². The standard InChI is InChI=1S/C15H22BrClN2O/c1-2-18-7-9-19(10-8-18)6-3-11-20-15-5-4-13(16)12-14(15)17/h4-5,12H,2-3,6-11H2,1H3. The second kappa shape index (κ2) is 8.23. The molecule has 0 aromatic heterocycles. The van der Waals surface area contributed by atoms with Crippen molar-refractivity contribution in [1.82, 2.24) is 9.80 Å². The molecule has 3 nitrogen and oxygen atoms in total. The summed E-state index contributed by atoms with van der Waals surface area (Å²) in [6.45, 7) is 9.94. The van der Waals surface area contributed by atoms with Gasteiger partial charge >= 0.3 is 0 Å². The Labute approximate surface area is 135 Å². The van der Waals surface area contributed by atoms with Crippen molar-refractivity contribution in [2.24, 2.45) is 0 Å². The van der Waals surface area contributed by atoms with Crippen LogP contribution in [0.5, 0.6) is 5.75 Å². The maximum absolute atomic E-state index is 6.12. The van der Waals surface area contributed by atoms with E-state index in [2.05, 4.69) is 32.7 Å². The van der Waals surface area contributed by atoms with Gasteiger partial charge in [-0.05, 0) is 31.2 Å². The molecule has 0 saturated carbocycles. The Hall–Kier alpha value is -0.290. The summed E-state index contributed by atoms with van der Waals surface area (Å²) in [5, 5.41) is 0.663. The maximum atomic E-state index is 6.12. The van der Waals surface area contributed by atoms with Gasteiger partial charge in [0, 0.05) is 37.2 Å². The lowest BCUT2D eigenvalue weighted by Crippen LogP contribution is -2.46. The van der Waals surface area contributed by atoms with E-state index in [1.807, 2.05) is 18.2 Å². The van der Waals surface area contributed by atoms with Crippen molar-refractivity contribution in [3.05, 3.63) is 27.7 Å². The van der Waals surface area contributed by atoms with E-state index in [0.717, 1.165) is 29.8 Å². The largest absolute Gasteiger partial charge is 0.492 e. The van der Waals surface area contributed by atoms with Crippen LogP contribution in [0.2, 0.25) is 5.02 Å². The molecule has 0 amide bonds. The average Bonchev–Trinajstić information content (AvgIpc) is 2.46. The first-order chi connectivity index (χ1) is 9.69. The van der Waals surface area contributed by atoms with Gasteiger partial charge in [-0.2, -0.15) is 0 Å². The molecule has 0 unspecified atom stereocenters. The fraction of sp³-hybridized carbons (Fsp3) is 0.600. The third-order valence-electron chi connectivity index (χ3n) is 3.68. The van der Waals surface area contributed by atoms with Gasteiger partial charge in [-0.15, -0.1) is 0 Å². The van der Waals surface area contributed by atoms with Gasteiger partial charge < -0.3 is 14.5 Å². The fourth-order valence-corrected chi connectivity index (χ4v) is 3.12. The van der Waals surface area contributed by atoms with E-state index in [9.17, 15) is 0 Å². The molecule has 2 rings (SSSR count). The summed E-state index contributed by atoms with van der Waals surface area (Å²) in [5.74, 6) is 0.769. The number of hydrogen-bond acceptors (Lipinski definition) is 3. The Morgan fingerprint density at radius 2 is 1.90 bits per heavy atom. The van der Waals surface area contributed by atoms with Crippen LogP contribution in [0.25, 0.3) is 0 Å².